The third kappa shape index (κ3) is 5.49. The molecule has 2 rings (SSSR count). The van der Waals surface area contributed by atoms with Gasteiger partial charge < -0.3 is 0 Å². The van der Waals surface area contributed by atoms with Crippen LogP contribution in [0.5, 0.6) is 0 Å². The number of carbonyl (C=O) groups is 2. The van der Waals surface area contributed by atoms with E-state index in [1.807, 2.05) is 48.5 Å². The quantitative estimate of drug-likeness (QED) is 0.626. The van der Waals surface area contributed by atoms with Gasteiger partial charge in [0, 0.05) is 11.1 Å². The fraction of sp³-hybridized carbons (Fsp3) is 0.125. The molecule has 0 aliphatic heterocycles. The fourth-order valence-electron chi connectivity index (χ4n) is 1.37. The lowest BCUT2D eigenvalue weighted by atomic mass is 10.2. The molecule has 2 nitrogen and oxygen atoms in total. The highest BCUT2D eigenvalue weighted by Crippen LogP contribution is 2.00. The molecule has 0 fully saturated rings. The first-order valence-corrected chi connectivity index (χ1v) is 6.38. The second-order valence-electron chi connectivity index (χ2n) is 3.85. The second kappa shape index (κ2) is 8.22. The molecule has 19 heavy (non-hydrogen) atoms. The van der Waals surface area contributed by atoms with Crippen molar-refractivity contribution in [1.82, 2.24) is 0 Å². The van der Waals surface area contributed by atoms with E-state index >= 15 is 0 Å². The van der Waals surface area contributed by atoms with Crippen LogP contribution in [0.4, 0.5) is 0 Å². The predicted molar refractivity (Wildman–Crippen MR) is 77.9 cm³/mol. The van der Waals surface area contributed by atoms with Gasteiger partial charge in [0.15, 0.2) is 11.6 Å². The van der Waals surface area contributed by atoms with Crippen LogP contribution in [0, 0.1) is 0 Å². The molecule has 98 valence electrons. The molecule has 0 atom stereocenters. The highest BCUT2D eigenvalue weighted by molar-refractivity contribution is 6.30. The molecule has 0 heterocycles. The van der Waals surface area contributed by atoms with Crippen LogP contribution in [0.1, 0.15) is 27.6 Å². The average molecular weight is 275 g/mol. The molecule has 2 aromatic carbocycles. The van der Waals surface area contributed by atoms with E-state index in [9.17, 15) is 9.59 Å². The van der Waals surface area contributed by atoms with Gasteiger partial charge in [-0.3, -0.25) is 9.59 Å². The van der Waals surface area contributed by atoms with Crippen LogP contribution in [0.2, 0.25) is 0 Å². The zero-order valence-electron chi connectivity index (χ0n) is 10.7. The van der Waals surface area contributed by atoms with Crippen LogP contribution in [-0.4, -0.2) is 17.4 Å². The molecular formula is C16H15ClO2. The first-order chi connectivity index (χ1) is 9.15. The van der Waals surface area contributed by atoms with Gasteiger partial charge in [-0.15, -0.1) is 11.6 Å². The van der Waals surface area contributed by atoms with Gasteiger partial charge in [-0.1, -0.05) is 60.7 Å². The van der Waals surface area contributed by atoms with E-state index in [0.717, 1.165) is 5.56 Å². The van der Waals surface area contributed by atoms with Gasteiger partial charge in [-0.25, -0.2) is 0 Å². The Bertz CT molecular complexity index is 521. The van der Waals surface area contributed by atoms with Gasteiger partial charge in [-0.2, -0.15) is 0 Å². The Morgan fingerprint density at radius 1 is 0.842 bits per heavy atom. The van der Waals surface area contributed by atoms with E-state index < -0.39 is 0 Å². The summed E-state index contributed by atoms with van der Waals surface area (Å²) < 4.78 is 0. The number of carbonyl (C=O) groups excluding carboxylic acids is 2. The minimum Gasteiger partial charge on any atom is -0.295 e. The summed E-state index contributed by atoms with van der Waals surface area (Å²) in [7, 11) is 0. The van der Waals surface area contributed by atoms with E-state index in [1.54, 1.807) is 19.1 Å². The molecular weight excluding hydrogens is 260 g/mol. The third-order valence-electron chi connectivity index (χ3n) is 2.40. The van der Waals surface area contributed by atoms with Crippen LogP contribution in [0.15, 0.2) is 60.7 Å². The van der Waals surface area contributed by atoms with Gasteiger partial charge in [0.2, 0.25) is 0 Å². The van der Waals surface area contributed by atoms with Crippen LogP contribution in [-0.2, 0) is 0 Å². The molecule has 0 bridgehead atoms. The van der Waals surface area contributed by atoms with Gasteiger partial charge >= 0.3 is 0 Å². The van der Waals surface area contributed by atoms with Crippen molar-refractivity contribution >= 4 is 23.2 Å². The maximum atomic E-state index is 10.9. The van der Waals surface area contributed by atoms with E-state index in [1.165, 1.54) is 0 Å². The molecule has 0 aromatic heterocycles. The first kappa shape index (κ1) is 15.1. The van der Waals surface area contributed by atoms with E-state index in [2.05, 4.69) is 0 Å². The van der Waals surface area contributed by atoms with E-state index in [-0.39, 0.29) is 17.4 Å². The number of hydrogen-bond acceptors (Lipinski definition) is 2. The Morgan fingerprint density at radius 2 is 1.26 bits per heavy atom. The van der Waals surface area contributed by atoms with Gasteiger partial charge in [0.25, 0.3) is 0 Å². The molecule has 0 unspecified atom stereocenters. The van der Waals surface area contributed by atoms with Gasteiger partial charge in [0.05, 0.1) is 5.88 Å². The van der Waals surface area contributed by atoms with Crippen LogP contribution >= 0.6 is 11.6 Å². The number of ketones is 2. The Morgan fingerprint density at radius 3 is 1.58 bits per heavy atom. The van der Waals surface area contributed by atoms with Crippen molar-refractivity contribution in [2.24, 2.45) is 0 Å². The van der Waals surface area contributed by atoms with Gasteiger partial charge in [0.1, 0.15) is 0 Å². The summed E-state index contributed by atoms with van der Waals surface area (Å²) in [5.41, 5.74) is 1.45. The summed E-state index contributed by atoms with van der Waals surface area (Å²) in [6.45, 7) is 1.56. The smallest absolute Gasteiger partial charge is 0.177 e. The molecule has 0 N–H and O–H groups in total. The average Bonchev–Trinajstić information content (AvgIpc) is 2.49. The topological polar surface area (TPSA) is 34.1 Å². The summed E-state index contributed by atoms with van der Waals surface area (Å²) in [5, 5.41) is 0. The SMILES string of the molecule is CC(=O)c1ccccc1.O=C(CCl)c1ccccc1. The zero-order chi connectivity index (χ0) is 14.1. The number of alkyl halides is 1. The second-order valence-corrected chi connectivity index (χ2v) is 4.11. The third-order valence-corrected chi connectivity index (χ3v) is 2.64. The monoisotopic (exact) mass is 274 g/mol. The number of Topliss-reactive ketones (excluding diaryl/α,β-unsaturated/α-hetero) is 2. The van der Waals surface area contributed by atoms with Crippen molar-refractivity contribution in [2.45, 2.75) is 6.92 Å². The maximum absolute atomic E-state index is 10.9. The minimum atomic E-state index is -0.0257. The van der Waals surface area contributed by atoms with Crippen molar-refractivity contribution in [1.29, 1.82) is 0 Å². The van der Waals surface area contributed by atoms with Crippen LogP contribution in [0.25, 0.3) is 0 Å². The summed E-state index contributed by atoms with van der Waals surface area (Å²) in [6, 6.07) is 18.2. The molecule has 0 saturated heterocycles. The molecule has 0 radical (unpaired) electrons. The molecule has 3 heteroatoms. The summed E-state index contributed by atoms with van der Waals surface area (Å²) in [6.07, 6.45) is 0. The highest BCUT2D eigenvalue weighted by atomic mass is 35.5. The Hall–Kier alpha value is -1.93. The van der Waals surface area contributed by atoms with Crippen LogP contribution in [0.3, 0.4) is 0 Å². The molecule has 0 saturated carbocycles. The number of rotatable bonds is 3. The highest BCUT2D eigenvalue weighted by Gasteiger charge is 2.00. The van der Waals surface area contributed by atoms with Crippen molar-refractivity contribution in [3.05, 3.63) is 71.8 Å². The lowest BCUT2D eigenvalue weighted by molar-refractivity contribution is 0.101. The summed E-state index contributed by atoms with van der Waals surface area (Å²) in [4.78, 5) is 21.5. The predicted octanol–water partition coefficient (Wildman–Crippen LogP) is 4.00. The van der Waals surface area contributed by atoms with Crippen molar-refractivity contribution in [3.63, 3.8) is 0 Å². The Kier molecular flexibility index (Phi) is 6.55. The molecule has 0 spiro atoms. The minimum absolute atomic E-state index is 0.0257. The number of hydrogen-bond donors (Lipinski definition) is 0. The molecule has 0 aliphatic rings. The Balaban J connectivity index is 0.000000191. The Labute approximate surface area is 118 Å². The number of benzene rings is 2. The fourth-order valence-corrected chi connectivity index (χ4v) is 1.53. The van der Waals surface area contributed by atoms with Crippen molar-refractivity contribution < 1.29 is 9.59 Å². The first-order valence-electron chi connectivity index (χ1n) is 5.85. The normalized spacial score (nSPS) is 9.16. The van der Waals surface area contributed by atoms with E-state index in [4.69, 9.17) is 11.6 Å². The molecule has 2 aromatic rings. The number of halogens is 1. The maximum Gasteiger partial charge on any atom is 0.177 e. The lowest BCUT2D eigenvalue weighted by Crippen LogP contribution is -1.98. The van der Waals surface area contributed by atoms with Gasteiger partial charge in [-0.05, 0) is 6.92 Å². The molecule has 0 amide bonds. The zero-order valence-corrected chi connectivity index (χ0v) is 11.4. The van der Waals surface area contributed by atoms with Crippen molar-refractivity contribution in [2.75, 3.05) is 5.88 Å². The standard InChI is InChI=1S/C8H7ClO.C8H8O/c9-6-8(10)7-4-2-1-3-5-7;1-7(9)8-5-3-2-4-6-8/h1-5H,6H2;2-6H,1H3. The van der Waals surface area contributed by atoms with Crippen LogP contribution < -0.4 is 0 Å². The largest absolute Gasteiger partial charge is 0.295 e. The summed E-state index contributed by atoms with van der Waals surface area (Å²) in [5.74, 6) is 0.155. The van der Waals surface area contributed by atoms with E-state index in [0.29, 0.717) is 5.56 Å². The lowest BCUT2D eigenvalue weighted by Gasteiger charge is -1.92. The summed E-state index contributed by atoms with van der Waals surface area (Å²) >= 11 is 5.34. The van der Waals surface area contributed by atoms with Crippen molar-refractivity contribution in [3.8, 4) is 0 Å². The molecule has 0 aliphatic carbocycles.